The van der Waals surface area contributed by atoms with Crippen LogP contribution >= 0.6 is 11.8 Å². The normalized spacial score (nSPS) is 12.0. The zero-order valence-electron chi connectivity index (χ0n) is 12.7. The molecule has 1 heterocycles. The van der Waals surface area contributed by atoms with Crippen LogP contribution in [0.25, 0.3) is 11.4 Å². The van der Waals surface area contributed by atoms with Gasteiger partial charge in [-0.25, -0.2) is 9.97 Å². The van der Waals surface area contributed by atoms with Gasteiger partial charge in [-0.2, -0.15) is 0 Å². The van der Waals surface area contributed by atoms with E-state index >= 15 is 0 Å². The summed E-state index contributed by atoms with van der Waals surface area (Å²) in [6, 6.07) is 9.60. The molecule has 1 atom stereocenters. The number of ether oxygens (including phenoxy) is 1. The molecule has 0 fully saturated rings. The number of aliphatic hydroxyl groups is 1. The number of rotatable bonds is 5. The third-order valence-corrected chi connectivity index (χ3v) is 4.07. The number of aromatic nitrogens is 2. The summed E-state index contributed by atoms with van der Waals surface area (Å²) >= 11 is 1.25. The molecule has 0 aliphatic rings. The molecule has 22 heavy (non-hydrogen) atoms. The minimum absolute atomic E-state index is 0.140. The molecule has 5 nitrogen and oxygen atoms in total. The van der Waals surface area contributed by atoms with Crippen molar-refractivity contribution in [3.8, 4) is 11.4 Å². The van der Waals surface area contributed by atoms with Gasteiger partial charge in [-0.05, 0) is 13.8 Å². The van der Waals surface area contributed by atoms with Crippen LogP contribution < -0.4 is 0 Å². The molecular formula is C16H18N2O3S. The summed E-state index contributed by atoms with van der Waals surface area (Å²) in [4.78, 5) is 20.3. The van der Waals surface area contributed by atoms with Crippen LogP contribution in [0.2, 0.25) is 0 Å². The molecule has 2 rings (SSSR count). The van der Waals surface area contributed by atoms with Crippen molar-refractivity contribution in [1.82, 2.24) is 9.97 Å². The van der Waals surface area contributed by atoms with E-state index in [1.807, 2.05) is 37.3 Å². The van der Waals surface area contributed by atoms with Gasteiger partial charge in [0.2, 0.25) is 0 Å². The topological polar surface area (TPSA) is 72.3 Å². The number of benzene rings is 1. The minimum Gasteiger partial charge on any atom is -0.468 e. The molecule has 116 valence electrons. The van der Waals surface area contributed by atoms with Crippen LogP contribution in [0, 0.1) is 6.92 Å². The first-order chi connectivity index (χ1) is 10.5. The highest BCUT2D eigenvalue weighted by Gasteiger charge is 2.18. The highest BCUT2D eigenvalue weighted by molar-refractivity contribution is 7.99. The number of methoxy groups -OCH3 is 1. The van der Waals surface area contributed by atoms with E-state index in [1.54, 1.807) is 6.92 Å². The number of carbonyl (C=O) groups excluding carboxylic acids is 1. The first-order valence-corrected chi connectivity index (χ1v) is 7.83. The van der Waals surface area contributed by atoms with Crippen molar-refractivity contribution in [2.75, 3.05) is 12.9 Å². The predicted molar refractivity (Wildman–Crippen MR) is 85.6 cm³/mol. The predicted octanol–water partition coefficient (Wildman–Crippen LogP) is 2.77. The zero-order valence-corrected chi connectivity index (χ0v) is 13.6. The van der Waals surface area contributed by atoms with Crippen LogP contribution in [-0.4, -0.2) is 33.9 Å². The molecule has 0 aliphatic carbocycles. The van der Waals surface area contributed by atoms with Gasteiger partial charge in [0.05, 0.1) is 19.0 Å². The fourth-order valence-electron chi connectivity index (χ4n) is 2.05. The van der Waals surface area contributed by atoms with Gasteiger partial charge in [0.25, 0.3) is 0 Å². The van der Waals surface area contributed by atoms with Gasteiger partial charge in [0, 0.05) is 16.8 Å². The summed E-state index contributed by atoms with van der Waals surface area (Å²) < 4.78 is 4.65. The Kier molecular flexibility index (Phi) is 5.51. The molecule has 2 aromatic rings. The van der Waals surface area contributed by atoms with Crippen LogP contribution in [0.15, 0.2) is 35.4 Å². The van der Waals surface area contributed by atoms with E-state index in [0.29, 0.717) is 22.1 Å². The van der Waals surface area contributed by atoms with E-state index in [2.05, 4.69) is 14.7 Å². The Morgan fingerprint density at radius 2 is 2.00 bits per heavy atom. The van der Waals surface area contributed by atoms with Crippen molar-refractivity contribution < 1.29 is 14.6 Å². The van der Waals surface area contributed by atoms with Crippen molar-refractivity contribution in [3.05, 3.63) is 41.6 Å². The second-order valence-electron chi connectivity index (χ2n) is 4.76. The highest BCUT2D eigenvalue weighted by atomic mass is 32.2. The molecule has 0 amide bonds. The molecule has 0 bridgehead atoms. The number of carbonyl (C=O) groups is 1. The van der Waals surface area contributed by atoms with Gasteiger partial charge in [-0.15, -0.1) is 0 Å². The van der Waals surface area contributed by atoms with E-state index in [-0.39, 0.29) is 11.7 Å². The van der Waals surface area contributed by atoms with E-state index in [0.717, 1.165) is 5.56 Å². The fraction of sp³-hybridized carbons (Fsp3) is 0.312. The van der Waals surface area contributed by atoms with E-state index in [4.69, 9.17) is 0 Å². The van der Waals surface area contributed by atoms with Crippen LogP contribution in [0.1, 0.15) is 24.3 Å². The average Bonchev–Trinajstić information content (AvgIpc) is 2.52. The first-order valence-electron chi connectivity index (χ1n) is 6.84. The van der Waals surface area contributed by atoms with Gasteiger partial charge >= 0.3 is 5.97 Å². The summed E-state index contributed by atoms with van der Waals surface area (Å²) in [6.07, 6.45) is -0.704. The number of hydrogen-bond donors (Lipinski definition) is 1. The molecule has 1 unspecified atom stereocenters. The van der Waals surface area contributed by atoms with E-state index in [1.165, 1.54) is 18.9 Å². The molecule has 0 radical (unpaired) electrons. The summed E-state index contributed by atoms with van der Waals surface area (Å²) in [7, 11) is 1.35. The number of thioether (sulfide) groups is 1. The lowest BCUT2D eigenvalue weighted by Crippen LogP contribution is -2.08. The molecule has 6 heteroatoms. The van der Waals surface area contributed by atoms with E-state index in [9.17, 15) is 9.90 Å². The lowest BCUT2D eigenvalue weighted by Gasteiger charge is -2.14. The van der Waals surface area contributed by atoms with Gasteiger partial charge in [-0.1, -0.05) is 42.1 Å². The lowest BCUT2D eigenvalue weighted by molar-refractivity contribution is -0.137. The molecule has 0 saturated carbocycles. The maximum atomic E-state index is 11.4. The van der Waals surface area contributed by atoms with Gasteiger partial charge in [0.1, 0.15) is 5.03 Å². The van der Waals surface area contributed by atoms with Gasteiger partial charge in [-0.3, -0.25) is 4.79 Å². The Bertz CT molecular complexity index is 660. The number of nitrogens with zero attached hydrogens (tertiary/aromatic N) is 2. The maximum Gasteiger partial charge on any atom is 0.316 e. The van der Waals surface area contributed by atoms with Gasteiger partial charge in [0.15, 0.2) is 5.82 Å². The largest absolute Gasteiger partial charge is 0.468 e. The first kappa shape index (κ1) is 16.5. The molecule has 0 aliphatic heterocycles. The van der Waals surface area contributed by atoms with Crippen LogP contribution in [0.4, 0.5) is 0 Å². The Hall–Kier alpha value is -1.92. The second-order valence-corrected chi connectivity index (χ2v) is 5.72. The molecular weight excluding hydrogens is 300 g/mol. The molecule has 1 aromatic heterocycles. The van der Waals surface area contributed by atoms with Crippen molar-refractivity contribution >= 4 is 17.7 Å². The molecule has 0 saturated heterocycles. The quantitative estimate of drug-likeness (QED) is 0.519. The maximum absolute atomic E-state index is 11.4. The molecule has 0 spiro atoms. The Morgan fingerprint density at radius 3 is 2.59 bits per heavy atom. The van der Waals surface area contributed by atoms with Crippen molar-refractivity contribution in [2.45, 2.75) is 25.0 Å². The highest BCUT2D eigenvalue weighted by Crippen LogP contribution is 2.30. The third-order valence-electron chi connectivity index (χ3n) is 3.11. The summed E-state index contributed by atoms with van der Waals surface area (Å²) in [5.74, 6) is 0.384. The minimum atomic E-state index is -0.704. The Labute approximate surface area is 133 Å². The number of esters is 1. The molecule has 1 N–H and O–H groups in total. The van der Waals surface area contributed by atoms with Crippen LogP contribution in [0.3, 0.4) is 0 Å². The summed E-state index contributed by atoms with van der Waals surface area (Å²) in [5.41, 5.74) is 2.24. The lowest BCUT2D eigenvalue weighted by atomic mass is 10.1. The van der Waals surface area contributed by atoms with Crippen LogP contribution in [-0.2, 0) is 9.53 Å². The van der Waals surface area contributed by atoms with Crippen molar-refractivity contribution in [2.24, 2.45) is 0 Å². The number of hydrogen-bond acceptors (Lipinski definition) is 6. The number of aryl methyl sites for hydroxylation is 1. The Morgan fingerprint density at radius 1 is 1.32 bits per heavy atom. The zero-order chi connectivity index (χ0) is 16.1. The second kappa shape index (κ2) is 7.38. The Balaban J connectivity index is 2.43. The van der Waals surface area contributed by atoms with Crippen molar-refractivity contribution in [1.29, 1.82) is 0 Å². The summed E-state index contributed by atoms with van der Waals surface area (Å²) in [6.45, 7) is 3.49. The fourth-order valence-corrected chi connectivity index (χ4v) is 3.05. The van der Waals surface area contributed by atoms with Crippen LogP contribution in [0.5, 0.6) is 0 Å². The average molecular weight is 318 g/mol. The van der Waals surface area contributed by atoms with Gasteiger partial charge < -0.3 is 9.84 Å². The SMILES string of the molecule is COC(=O)CSc1nc(-c2ccccc2)nc(C)c1C(C)O. The summed E-state index contributed by atoms with van der Waals surface area (Å²) in [5, 5.41) is 10.6. The van der Waals surface area contributed by atoms with Crippen molar-refractivity contribution in [3.63, 3.8) is 0 Å². The third kappa shape index (κ3) is 3.84. The monoisotopic (exact) mass is 318 g/mol. The standard InChI is InChI=1S/C16H18N2O3S/c1-10-14(11(2)19)16(22-9-13(20)21-3)18-15(17-10)12-7-5-4-6-8-12/h4-8,11,19H,9H2,1-3H3. The smallest absolute Gasteiger partial charge is 0.316 e. The number of aliphatic hydroxyl groups excluding tert-OH is 1. The molecule has 1 aromatic carbocycles. The van der Waals surface area contributed by atoms with E-state index < -0.39 is 6.10 Å².